The summed E-state index contributed by atoms with van der Waals surface area (Å²) < 4.78 is 72.8. The van der Waals surface area contributed by atoms with Gasteiger partial charge in [0.15, 0.2) is 0 Å². The van der Waals surface area contributed by atoms with Crippen LogP contribution in [0, 0.1) is 0 Å². The molecule has 0 N–H and O–H groups in total. The van der Waals surface area contributed by atoms with E-state index in [1.165, 1.54) is 0 Å². The van der Waals surface area contributed by atoms with Gasteiger partial charge in [-0.25, -0.2) is 0 Å². The Balaban J connectivity index is 0.00000289. The van der Waals surface area contributed by atoms with E-state index in [1.807, 2.05) is 0 Å². The van der Waals surface area contributed by atoms with Gasteiger partial charge < -0.3 is 17.1 Å². The topological polar surface area (TPSA) is 43.4 Å². The first-order valence-corrected chi connectivity index (χ1v) is 5.99. The molecular weight excluding hydrogens is 322 g/mol. The van der Waals surface area contributed by atoms with Crippen LogP contribution in [-0.2, 0) is 16.8 Å². The zero-order valence-electron chi connectivity index (χ0n) is 9.11. The maximum Gasteiger partial charge on any atom is 1.00 e. The second-order valence-corrected chi connectivity index (χ2v) is 4.70. The maximum absolute atomic E-state index is 12.2. The fraction of sp³-hybridized carbons (Fsp3) is 0.143. The van der Waals surface area contributed by atoms with Crippen LogP contribution in [0.5, 0.6) is 5.75 Å². The van der Waals surface area contributed by atoms with E-state index >= 15 is 0 Å². The molecule has 0 saturated carbocycles. The summed E-state index contributed by atoms with van der Waals surface area (Å²) in [5, 5.41) is 0. The Morgan fingerprint density at radius 1 is 1.22 bits per heavy atom. The van der Waals surface area contributed by atoms with Crippen LogP contribution in [0.4, 0.5) is 16.8 Å². The molecule has 0 unspecified atom stereocenters. The molecule has 0 aliphatic carbocycles. The van der Waals surface area contributed by atoms with Gasteiger partial charge in [0.2, 0.25) is 0 Å². The molecule has 0 bridgehead atoms. The molecule has 0 spiro atoms. The number of benzene rings is 1. The first-order valence-electron chi connectivity index (χ1n) is 4.23. The Bertz CT molecular complexity index is 520. The monoisotopic (exact) mass is 328 g/mol. The maximum atomic E-state index is 12.2. The summed E-state index contributed by atoms with van der Waals surface area (Å²) in [6, 6.07) is 2.88. The molecule has 3 nitrogen and oxygen atoms in total. The fourth-order valence-corrected chi connectivity index (χ4v) is 1.81. The summed E-state index contributed by atoms with van der Waals surface area (Å²) in [4.78, 5) is 0.0428. The number of rotatable bonds is 4. The van der Waals surface area contributed by atoms with Crippen LogP contribution in [0.3, 0.4) is 0 Å². The van der Waals surface area contributed by atoms with Crippen molar-refractivity contribution >= 4 is 30.1 Å². The average molecular weight is 328 g/mol. The van der Waals surface area contributed by atoms with Gasteiger partial charge in [0.25, 0.3) is 0 Å². The van der Waals surface area contributed by atoms with Crippen molar-refractivity contribution in [1.82, 2.24) is 0 Å². The van der Waals surface area contributed by atoms with Crippen molar-refractivity contribution in [1.29, 1.82) is 0 Å². The third kappa shape index (κ3) is 8.02. The molecule has 96 valence electrons. The predicted octanol–water partition coefficient (Wildman–Crippen LogP) is -0.499. The Hall–Kier alpha value is 0.741. The van der Waals surface area contributed by atoms with Crippen LogP contribution in [-0.4, -0.2) is 15.4 Å². The third-order valence-corrected chi connectivity index (χ3v) is 2.26. The fourth-order valence-electron chi connectivity index (χ4n) is 1.19. The van der Waals surface area contributed by atoms with Gasteiger partial charge in [0, 0.05) is 4.90 Å². The largest absolute Gasteiger partial charge is 1.00 e. The Morgan fingerprint density at radius 2 is 1.78 bits per heavy atom. The summed E-state index contributed by atoms with van der Waals surface area (Å²) in [6.07, 6.45) is -1.23. The molecule has 11 heteroatoms. The van der Waals surface area contributed by atoms with Gasteiger partial charge in [-0.2, -0.15) is 8.42 Å². The summed E-state index contributed by atoms with van der Waals surface area (Å²) in [7, 11) is -5.26. The summed E-state index contributed by atoms with van der Waals surface area (Å²) in [6.45, 7) is -5.08. The standard InChI is InChI=1S/C7H6BF4O3S2.K/c9-8(10,11)4-5-1-6(3-7(16)2-5)15-17(12,13)14;/h1-3,16H,4H2;/q-1;+1. The van der Waals surface area contributed by atoms with Crippen molar-refractivity contribution in [3.8, 4) is 5.75 Å². The Labute approximate surface area is 150 Å². The molecule has 0 saturated heterocycles. The molecule has 1 aromatic carbocycles. The molecule has 0 amide bonds. The first kappa shape index (κ1) is 18.7. The molecule has 18 heavy (non-hydrogen) atoms. The van der Waals surface area contributed by atoms with Crippen LogP contribution in [0.15, 0.2) is 23.1 Å². The van der Waals surface area contributed by atoms with E-state index in [4.69, 9.17) is 0 Å². The zero-order valence-corrected chi connectivity index (χ0v) is 13.9. The summed E-state index contributed by atoms with van der Waals surface area (Å²) in [5.41, 5.74) is -0.247. The molecule has 0 heterocycles. The third-order valence-electron chi connectivity index (χ3n) is 1.61. The quantitative estimate of drug-likeness (QED) is 0.351. The number of thiol groups is 1. The Morgan fingerprint density at radius 3 is 2.22 bits per heavy atom. The average Bonchev–Trinajstić information content (AvgIpc) is 1.93. The molecule has 0 fully saturated rings. The number of hydrogen-bond donors (Lipinski definition) is 1. The van der Waals surface area contributed by atoms with Crippen molar-refractivity contribution in [3.05, 3.63) is 23.8 Å². The zero-order chi connectivity index (χ0) is 13.3. The second-order valence-electron chi connectivity index (χ2n) is 3.23. The molecule has 0 aliphatic heterocycles. The van der Waals surface area contributed by atoms with Gasteiger partial charge in [-0.1, -0.05) is 15.8 Å². The van der Waals surface area contributed by atoms with Crippen LogP contribution in [0.2, 0.25) is 0 Å². The molecular formula is C7H6BF4KO3S2. The molecule has 0 aliphatic rings. The van der Waals surface area contributed by atoms with Crippen molar-refractivity contribution in [2.45, 2.75) is 11.2 Å². The van der Waals surface area contributed by atoms with E-state index < -0.39 is 29.6 Å². The molecule has 0 aromatic heterocycles. The summed E-state index contributed by atoms with van der Waals surface area (Å²) in [5.74, 6) is -0.546. The number of halogens is 4. The number of hydrogen-bond acceptors (Lipinski definition) is 4. The van der Waals surface area contributed by atoms with Gasteiger partial charge in [-0.3, -0.25) is 0 Å². The molecule has 1 rings (SSSR count). The van der Waals surface area contributed by atoms with E-state index in [9.17, 15) is 25.3 Å². The van der Waals surface area contributed by atoms with Crippen LogP contribution in [0.1, 0.15) is 5.56 Å². The van der Waals surface area contributed by atoms with Crippen LogP contribution >= 0.6 is 12.6 Å². The van der Waals surface area contributed by atoms with Gasteiger partial charge in [-0.05, 0) is 18.2 Å². The first-order chi connectivity index (χ1) is 7.55. The SMILES string of the molecule is O=S(=O)(F)Oc1cc(S)cc(C[B-](F)(F)F)c1.[K+]. The van der Waals surface area contributed by atoms with Crippen molar-refractivity contribution in [2.75, 3.05) is 0 Å². The minimum atomic E-state index is -5.26. The molecule has 0 atom stereocenters. The summed E-state index contributed by atoms with van der Waals surface area (Å²) >= 11 is 3.77. The van der Waals surface area contributed by atoms with Gasteiger partial charge in [0.05, 0.1) is 0 Å². The Kier molecular flexibility index (Phi) is 7.24. The van der Waals surface area contributed by atoms with E-state index in [0.717, 1.165) is 18.2 Å². The van der Waals surface area contributed by atoms with Crippen molar-refractivity contribution < 1.29 is 80.8 Å². The molecule has 1 aromatic rings. The van der Waals surface area contributed by atoms with Crippen LogP contribution < -0.4 is 55.6 Å². The molecule has 0 radical (unpaired) electrons. The van der Waals surface area contributed by atoms with E-state index in [2.05, 4.69) is 16.8 Å². The van der Waals surface area contributed by atoms with Gasteiger partial charge >= 0.3 is 68.9 Å². The van der Waals surface area contributed by atoms with Crippen molar-refractivity contribution in [3.63, 3.8) is 0 Å². The predicted molar refractivity (Wildman–Crippen MR) is 57.1 cm³/mol. The minimum Gasteiger partial charge on any atom is -0.449 e. The second kappa shape index (κ2) is 6.95. The van der Waals surface area contributed by atoms with Crippen LogP contribution in [0.25, 0.3) is 0 Å². The van der Waals surface area contributed by atoms with Gasteiger partial charge in [-0.15, -0.1) is 12.6 Å². The van der Waals surface area contributed by atoms with E-state index in [-0.39, 0.29) is 61.8 Å². The van der Waals surface area contributed by atoms with E-state index in [0.29, 0.717) is 0 Å². The van der Waals surface area contributed by atoms with Gasteiger partial charge in [0.1, 0.15) is 5.75 Å². The smallest absolute Gasteiger partial charge is 0.449 e. The van der Waals surface area contributed by atoms with Crippen molar-refractivity contribution in [2.24, 2.45) is 0 Å². The normalized spacial score (nSPS) is 11.8. The minimum absolute atomic E-state index is 0. The van der Waals surface area contributed by atoms with E-state index in [1.54, 1.807) is 0 Å².